The molecule has 0 bridgehead atoms. The molecular weight excluding hydrogens is 246 g/mol. The largest absolute Gasteiger partial charge is 0.469 e. The van der Waals surface area contributed by atoms with Gasteiger partial charge in [-0.25, -0.2) is 0 Å². The van der Waals surface area contributed by atoms with Crippen LogP contribution in [0.2, 0.25) is 0 Å². The smallest absolute Gasteiger partial charge is 0.105 e. The highest BCUT2D eigenvalue weighted by Gasteiger charge is 2.35. The third-order valence-electron chi connectivity index (χ3n) is 5.62. The van der Waals surface area contributed by atoms with E-state index in [4.69, 9.17) is 4.42 Å². The van der Waals surface area contributed by atoms with E-state index in [1.54, 1.807) is 6.26 Å². The van der Waals surface area contributed by atoms with Gasteiger partial charge >= 0.3 is 0 Å². The molecule has 0 spiro atoms. The fourth-order valence-corrected chi connectivity index (χ4v) is 4.59. The molecule has 3 rings (SSSR count). The summed E-state index contributed by atoms with van der Waals surface area (Å²) in [7, 11) is 0. The van der Waals surface area contributed by atoms with Gasteiger partial charge in [0.25, 0.3) is 0 Å². The maximum absolute atomic E-state index is 5.57. The molecule has 20 heavy (non-hydrogen) atoms. The van der Waals surface area contributed by atoms with Crippen LogP contribution in [-0.2, 0) is 6.42 Å². The average Bonchev–Trinajstić information content (AvgIpc) is 2.99. The Kier molecular flexibility index (Phi) is 4.82. The van der Waals surface area contributed by atoms with Crippen molar-refractivity contribution in [3.05, 3.63) is 24.2 Å². The van der Waals surface area contributed by atoms with Crippen molar-refractivity contribution in [3.63, 3.8) is 0 Å². The van der Waals surface area contributed by atoms with Gasteiger partial charge in [0.15, 0.2) is 0 Å². The molecule has 0 aliphatic heterocycles. The van der Waals surface area contributed by atoms with E-state index in [0.29, 0.717) is 6.04 Å². The zero-order chi connectivity index (χ0) is 13.8. The molecule has 1 N–H and O–H groups in total. The van der Waals surface area contributed by atoms with Gasteiger partial charge in [-0.2, -0.15) is 0 Å². The highest BCUT2D eigenvalue weighted by atomic mass is 16.3. The molecule has 0 aromatic carbocycles. The summed E-state index contributed by atoms with van der Waals surface area (Å²) in [6.45, 7) is 3.29. The molecule has 2 fully saturated rings. The number of hydrogen-bond acceptors (Lipinski definition) is 2. The van der Waals surface area contributed by atoms with Crippen LogP contribution in [0.3, 0.4) is 0 Å². The molecule has 4 unspecified atom stereocenters. The van der Waals surface area contributed by atoms with Gasteiger partial charge in [0, 0.05) is 12.5 Å². The van der Waals surface area contributed by atoms with Crippen LogP contribution in [0, 0.1) is 17.8 Å². The fourth-order valence-electron chi connectivity index (χ4n) is 4.59. The highest BCUT2D eigenvalue weighted by Crippen LogP contribution is 2.43. The van der Waals surface area contributed by atoms with Crippen molar-refractivity contribution < 1.29 is 4.42 Å². The zero-order valence-electron chi connectivity index (χ0n) is 12.8. The second-order valence-corrected chi connectivity index (χ2v) is 6.83. The fraction of sp³-hybridized carbons (Fsp3) is 0.778. The predicted octanol–water partition coefficient (Wildman–Crippen LogP) is 4.41. The summed E-state index contributed by atoms with van der Waals surface area (Å²) < 4.78 is 5.57. The van der Waals surface area contributed by atoms with Crippen LogP contribution in [0.1, 0.15) is 57.6 Å². The monoisotopic (exact) mass is 275 g/mol. The molecule has 2 aliphatic rings. The summed E-state index contributed by atoms with van der Waals surface area (Å²) in [5.74, 6) is 4.05. The Labute approximate surface area is 123 Å². The molecule has 4 atom stereocenters. The minimum Gasteiger partial charge on any atom is -0.469 e. The van der Waals surface area contributed by atoms with Gasteiger partial charge in [-0.05, 0) is 55.7 Å². The molecule has 2 nitrogen and oxygen atoms in total. The minimum absolute atomic E-state index is 0.606. The molecule has 1 aromatic rings. The Morgan fingerprint density at radius 3 is 2.80 bits per heavy atom. The Balaban J connectivity index is 1.62. The third-order valence-corrected chi connectivity index (χ3v) is 5.62. The van der Waals surface area contributed by atoms with Crippen LogP contribution >= 0.6 is 0 Å². The lowest BCUT2D eigenvalue weighted by molar-refractivity contribution is 0.108. The molecule has 0 saturated heterocycles. The number of nitrogens with one attached hydrogen (secondary N) is 1. The Hall–Kier alpha value is -0.760. The van der Waals surface area contributed by atoms with Crippen molar-refractivity contribution in [1.29, 1.82) is 0 Å². The quantitative estimate of drug-likeness (QED) is 0.861. The van der Waals surface area contributed by atoms with E-state index in [1.165, 1.54) is 44.9 Å². The van der Waals surface area contributed by atoms with Gasteiger partial charge in [0.2, 0.25) is 0 Å². The van der Waals surface area contributed by atoms with Crippen molar-refractivity contribution in [2.75, 3.05) is 6.54 Å². The van der Waals surface area contributed by atoms with Crippen LogP contribution in [0.5, 0.6) is 0 Å². The first-order chi connectivity index (χ1) is 9.86. The number of furan rings is 1. The van der Waals surface area contributed by atoms with Crippen molar-refractivity contribution in [2.45, 2.75) is 64.3 Å². The van der Waals surface area contributed by atoms with Gasteiger partial charge in [-0.3, -0.25) is 0 Å². The van der Waals surface area contributed by atoms with E-state index in [2.05, 4.69) is 18.3 Å². The number of likely N-dealkylation sites (N-methyl/N-ethyl adjacent to an activating group) is 1. The molecular formula is C18H29NO. The number of rotatable bonds is 5. The zero-order valence-corrected chi connectivity index (χ0v) is 12.8. The topological polar surface area (TPSA) is 25.2 Å². The standard InChI is InChI=1S/C18H29NO/c1-2-19-18(13-17-8-5-11-20-17)16-10-9-14-6-3-4-7-15(14)12-16/h5,8,11,14-16,18-19H,2-4,6-7,9-10,12-13H2,1H3. The summed E-state index contributed by atoms with van der Waals surface area (Å²) in [5.41, 5.74) is 0. The second kappa shape index (κ2) is 6.80. The van der Waals surface area contributed by atoms with E-state index in [1.807, 2.05) is 6.07 Å². The molecule has 2 heteroatoms. The van der Waals surface area contributed by atoms with E-state index in [0.717, 1.165) is 36.5 Å². The first kappa shape index (κ1) is 14.2. The lowest BCUT2D eigenvalue weighted by atomic mass is 9.66. The van der Waals surface area contributed by atoms with Gasteiger partial charge in [-0.1, -0.05) is 32.6 Å². The van der Waals surface area contributed by atoms with Gasteiger partial charge in [-0.15, -0.1) is 0 Å². The molecule has 112 valence electrons. The van der Waals surface area contributed by atoms with Crippen LogP contribution < -0.4 is 5.32 Å². The summed E-state index contributed by atoms with van der Waals surface area (Å²) in [5, 5.41) is 3.73. The highest BCUT2D eigenvalue weighted by molar-refractivity contribution is 5.02. The molecule has 2 aliphatic carbocycles. The van der Waals surface area contributed by atoms with Gasteiger partial charge in [0.05, 0.1) is 6.26 Å². The van der Waals surface area contributed by atoms with Crippen molar-refractivity contribution in [3.8, 4) is 0 Å². The summed E-state index contributed by atoms with van der Waals surface area (Å²) in [6, 6.07) is 4.74. The van der Waals surface area contributed by atoms with Crippen molar-refractivity contribution in [1.82, 2.24) is 5.32 Å². The second-order valence-electron chi connectivity index (χ2n) is 6.83. The first-order valence-electron chi connectivity index (χ1n) is 8.62. The molecule has 2 saturated carbocycles. The lowest BCUT2D eigenvalue weighted by Gasteiger charge is -2.42. The van der Waals surface area contributed by atoms with Gasteiger partial charge < -0.3 is 9.73 Å². The van der Waals surface area contributed by atoms with E-state index in [-0.39, 0.29) is 0 Å². The molecule has 0 amide bonds. The third kappa shape index (κ3) is 3.28. The van der Waals surface area contributed by atoms with E-state index >= 15 is 0 Å². The minimum atomic E-state index is 0.606. The van der Waals surface area contributed by atoms with Crippen molar-refractivity contribution in [2.24, 2.45) is 17.8 Å². The maximum atomic E-state index is 5.57. The maximum Gasteiger partial charge on any atom is 0.105 e. The van der Waals surface area contributed by atoms with Crippen LogP contribution in [0.4, 0.5) is 0 Å². The molecule has 0 radical (unpaired) electrons. The Morgan fingerprint density at radius 2 is 2.05 bits per heavy atom. The van der Waals surface area contributed by atoms with Crippen molar-refractivity contribution >= 4 is 0 Å². The summed E-state index contributed by atoms with van der Waals surface area (Å²) in [6.07, 6.45) is 13.1. The molecule has 1 heterocycles. The lowest BCUT2D eigenvalue weighted by Crippen LogP contribution is -2.42. The van der Waals surface area contributed by atoms with Crippen LogP contribution in [-0.4, -0.2) is 12.6 Å². The number of fused-ring (bicyclic) bond motifs is 1. The number of hydrogen-bond donors (Lipinski definition) is 1. The van der Waals surface area contributed by atoms with Gasteiger partial charge in [0.1, 0.15) is 5.76 Å². The summed E-state index contributed by atoms with van der Waals surface area (Å²) >= 11 is 0. The van der Waals surface area contributed by atoms with E-state index < -0.39 is 0 Å². The summed E-state index contributed by atoms with van der Waals surface area (Å²) in [4.78, 5) is 0. The normalized spacial score (nSPS) is 31.8. The molecule has 1 aromatic heterocycles. The Morgan fingerprint density at radius 1 is 1.20 bits per heavy atom. The van der Waals surface area contributed by atoms with Crippen LogP contribution in [0.25, 0.3) is 0 Å². The predicted molar refractivity (Wildman–Crippen MR) is 82.7 cm³/mol. The van der Waals surface area contributed by atoms with Crippen LogP contribution in [0.15, 0.2) is 22.8 Å². The van der Waals surface area contributed by atoms with E-state index in [9.17, 15) is 0 Å². The Bertz CT molecular complexity index is 386. The first-order valence-corrected chi connectivity index (χ1v) is 8.62. The SMILES string of the molecule is CCNC(Cc1ccco1)C1CCC2CCCCC2C1. The average molecular weight is 275 g/mol.